The zero-order chi connectivity index (χ0) is 22.7. The third kappa shape index (κ3) is 3.56. The van der Waals surface area contributed by atoms with Gasteiger partial charge in [-0.1, -0.05) is 0 Å². The molecule has 1 amide bonds. The maximum absolute atomic E-state index is 14.0. The largest absolute Gasteiger partial charge is 0.334 e. The zero-order valence-corrected chi connectivity index (χ0v) is 18.5. The first-order chi connectivity index (χ1) is 16.0. The number of piperidine rings is 1. The van der Waals surface area contributed by atoms with Gasteiger partial charge >= 0.3 is 0 Å². The number of nitrogens with zero attached hydrogens (tertiary/aromatic N) is 6. The van der Waals surface area contributed by atoms with E-state index in [1.54, 1.807) is 12.3 Å². The van der Waals surface area contributed by atoms with Gasteiger partial charge in [-0.15, -0.1) is 0 Å². The number of aromatic nitrogens is 5. The minimum absolute atomic E-state index is 0.0618. The lowest BCUT2D eigenvalue weighted by atomic mass is 10.0. The molecule has 0 unspecified atom stereocenters. The molecule has 4 aromatic heterocycles. The highest BCUT2D eigenvalue weighted by atomic mass is 19.1. The summed E-state index contributed by atoms with van der Waals surface area (Å²) in [7, 11) is 1.93. The fraction of sp³-hybridized carbons (Fsp3) is 0.417. The maximum atomic E-state index is 14.0. The molecular formula is C24H26FN7O. The summed E-state index contributed by atoms with van der Waals surface area (Å²) >= 11 is 0. The van der Waals surface area contributed by atoms with E-state index in [0.717, 1.165) is 29.1 Å². The minimum atomic E-state index is -1.10. The number of likely N-dealkylation sites (tertiary alicyclic amines) is 1. The number of hydrogen-bond acceptors (Lipinski definition) is 5. The fourth-order valence-corrected chi connectivity index (χ4v) is 4.86. The maximum Gasteiger partial charge on any atom is 0.255 e. The number of nitrogens with two attached hydrogens (primary N) is 1. The molecule has 0 aromatic carbocycles. The van der Waals surface area contributed by atoms with Crippen molar-refractivity contribution in [3.05, 3.63) is 42.2 Å². The van der Waals surface area contributed by atoms with Crippen molar-refractivity contribution in [3.63, 3.8) is 0 Å². The lowest BCUT2D eigenvalue weighted by Crippen LogP contribution is -2.50. The van der Waals surface area contributed by atoms with Crippen LogP contribution in [0.2, 0.25) is 0 Å². The fourth-order valence-electron chi connectivity index (χ4n) is 4.86. The molecule has 6 rings (SSSR count). The number of imidazole rings is 1. The van der Waals surface area contributed by atoms with Crippen molar-refractivity contribution in [1.82, 2.24) is 29.0 Å². The van der Waals surface area contributed by atoms with Crippen LogP contribution in [0.3, 0.4) is 0 Å². The van der Waals surface area contributed by atoms with E-state index in [4.69, 9.17) is 10.7 Å². The van der Waals surface area contributed by atoms with Crippen LogP contribution < -0.4 is 5.73 Å². The summed E-state index contributed by atoms with van der Waals surface area (Å²) in [5.74, 6) is 1.19. The summed E-state index contributed by atoms with van der Waals surface area (Å²) in [4.78, 5) is 28.5. The van der Waals surface area contributed by atoms with Crippen LogP contribution in [0, 0.1) is 5.92 Å². The Morgan fingerprint density at radius 3 is 2.85 bits per heavy atom. The average molecular weight is 448 g/mol. The monoisotopic (exact) mass is 447 g/mol. The number of hydrogen-bond donors (Lipinski definition) is 1. The summed E-state index contributed by atoms with van der Waals surface area (Å²) < 4.78 is 18.2. The van der Waals surface area contributed by atoms with Crippen LogP contribution in [0.4, 0.5) is 4.39 Å². The second kappa shape index (κ2) is 7.62. The van der Waals surface area contributed by atoms with E-state index in [2.05, 4.69) is 26.7 Å². The number of carbonyl (C=O) groups excluding carboxylic acids is 1. The van der Waals surface area contributed by atoms with Gasteiger partial charge in [-0.2, -0.15) is 0 Å². The molecule has 1 saturated heterocycles. The Balaban J connectivity index is 1.40. The normalized spacial score (nSPS) is 21.2. The molecule has 9 heteroatoms. The highest BCUT2D eigenvalue weighted by molar-refractivity contribution is 5.97. The first-order valence-corrected chi connectivity index (χ1v) is 11.4. The molecule has 1 saturated carbocycles. The zero-order valence-electron chi connectivity index (χ0n) is 18.5. The second-order valence-corrected chi connectivity index (χ2v) is 9.36. The highest BCUT2D eigenvalue weighted by Gasteiger charge is 2.30. The molecule has 0 radical (unpaired) electrons. The van der Waals surface area contributed by atoms with Gasteiger partial charge in [0, 0.05) is 44.0 Å². The van der Waals surface area contributed by atoms with E-state index >= 15 is 0 Å². The van der Waals surface area contributed by atoms with E-state index in [9.17, 15) is 9.18 Å². The third-order valence-electron chi connectivity index (χ3n) is 6.70. The minimum Gasteiger partial charge on any atom is -0.334 e. The first kappa shape index (κ1) is 20.3. The van der Waals surface area contributed by atoms with Gasteiger partial charge in [0.05, 0.1) is 17.8 Å². The molecule has 2 atom stereocenters. The molecule has 2 aliphatic rings. The lowest BCUT2D eigenvalue weighted by molar-refractivity contribution is 0.0606. The summed E-state index contributed by atoms with van der Waals surface area (Å²) in [6, 6.07) is 7.52. The molecule has 170 valence electrons. The van der Waals surface area contributed by atoms with Gasteiger partial charge in [0.25, 0.3) is 5.91 Å². The Hall–Kier alpha value is -3.33. The summed E-state index contributed by atoms with van der Waals surface area (Å²) in [5.41, 5.74) is 9.59. The molecule has 0 bridgehead atoms. The van der Waals surface area contributed by atoms with E-state index in [0.29, 0.717) is 29.2 Å². The van der Waals surface area contributed by atoms with Crippen LogP contribution in [-0.2, 0) is 13.6 Å². The van der Waals surface area contributed by atoms with Crippen molar-refractivity contribution in [1.29, 1.82) is 0 Å². The number of pyridine rings is 2. The standard InChI is InChI=1S/C24H26FN7O/c1-30-22-19(7-16(10-28-22)24(33)31-12-17(25)9-18(26)13-31)29-23(30)20-8-15-3-2-6-27-21(15)32(20)11-14-4-5-14/h2-3,6-8,10,14,17-18H,4-5,9,11-13,26H2,1H3/t17-,18-/m0/s1. The molecule has 8 nitrogen and oxygen atoms in total. The highest BCUT2D eigenvalue weighted by Crippen LogP contribution is 2.35. The van der Waals surface area contributed by atoms with E-state index < -0.39 is 6.17 Å². The number of rotatable bonds is 4. The van der Waals surface area contributed by atoms with Crippen LogP contribution in [0.15, 0.2) is 36.7 Å². The number of aryl methyl sites for hydroxylation is 1. The van der Waals surface area contributed by atoms with Crippen molar-refractivity contribution in [2.24, 2.45) is 18.7 Å². The van der Waals surface area contributed by atoms with Crippen molar-refractivity contribution < 1.29 is 9.18 Å². The van der Waals surface area contributed by atoms with E-state index in [1.165, 1.54) is 17.7 Å². The van der Waals surface area contributed by atoms with Crippen LogP contribution in [0.1, 0.15) is 29.6 Å². The van der Waals surface area contributed by atoms with Gasteiger partial charge < -0.3 is 19.8 Å². The van der Waals surface area contributed by atoms with Gasteiger partial charge in [-0.05, 0) is 49.4 Å². The summed E-state index contributed by atoms with van der Waals surface area (Å²) in [6.07, 6.45) is 5.03. The van der Waals surface area contributed by atoms with Gasteiger partial charge in [-0.3, -0.25) is 4.79 Å². The Bertz CT molecular complexity index is 1360. The van der Waals surface area contributed by atoms with Gasteiger partial charge in [0.1, 0.15) is 17.3 Å². The molecule has 1 aliphatic carbocycles. The van der Waals surface area contributed by atoms with Crippen molar-refractivity contribution in [3.8, 4) is 11.5 Å². The molecule has 5 heterocycles. The van der Waals surface area contributed by atoms with Crippen LogP contribution in [-0.4, -0.2) is 60.2 Å². The van der Waals surface area contributed by atoms with Crippen molar-refractivity contribution in [2.75, 3.05) is 13.1 Å². The number of alkyl halides is 1. The van der Waals surface area contributed by atoms with Crippen molar-refractivity contribution >= 4 is 28.1 Å². The number of amides is 1. The molecule has 0 spiro atoms. The number of carbonyl (C=O) groups is 1. The summed E-state index contributed by atoms with van der Waals surface area (Å²) in [5, 5.41) is 1.08. The Morgan fingerprint density at radius 2 is 2.06 bits per heavy atom. The van der Waals surface area contributed by atoms with Gasteiger partial charge in [0.15, 0.2) is 11.5 Å². The molecule has 4 aromatic rings. The van der Waals surface area contributed by atoms with Crippen LogP contribution in [0.5, 0.6) is 0 Å². The van der Waals surface area contributed by atoms with E-state index in [-0.39, 0.29) is 24.9 Å². The molecule has 33 heavy (non-hydrogen) atoms. The van der Waals surface area contributed by atoms with Gasteiger partial charge in [-0.25, -0.2) is 19.3 Å². The smallest absolute Gasteiger partial charge is 0.255 e. The Morgan fingerprint density at radius 1 is 1.21 bits per heavy atom. The molecule has 1 aliphatic heterocycles. The van der Waals surface area contributed by atoms with Gasteiger partial charge in [0.2, 0.25) is 0 Å². The molecule has 2 fully saturated rings. The Labute approximate surface area is 190 Å². The second-order valence-electron chi connectivity index (χ2n) is 9.36. The molecular weight excluding hydrogens is 421 g/mol. The van der Waals surface area contributed by atoms with Crippen molar-refractivity contribution in [2.45, 2.75) is 38.0 Å². The average Bonchev–Trinajstić information content (AvgIpc) is 3.47. The first-order valence-electron chi connectivity index (χ1n) is 11.4. The lowest BCUT2D eigenvalue weighted by Gasteiger charge is -2.32. The third-order valence-corrected chi connectivity index (χ3v) is 6.70. The van der Waals surface area contributed by atoms with Crippen LogP contribution in [0.25, 0.3) is 33.7 Å². The SMILES string of the molecule is Cn1c(-c2cc3cccnc3n2CC2CC2)nc2cc(C(=O)N3C[C@@H](N)C[C@H](F)C3)cnc21. The number of halogens is 1. The predicted octanol–water partition coefficient (Wildman–Crippen LogP) is 2.91. The van der Waals surface area contributed by atoms with E-state index in [1.807, 2.05) is 23.9 Å². The number of fused-ring (bicyclic) bond motifs is 2. The quantitative estimate of drug-likeness (QED) is 0.519. The predicted molar refractivity (Wildman–Crippen MR) is 123 cm³/mol. The summed E-state index contributed by atoms with van der Waals surface area (Å²) in [6.45, 7) is 1.32. The molecule has 2 N–H and O–H groups in total. The topological polar surface area (TPSA) is 94.9 Å². The Kier molecular flexibility index (Phi) is 4.69. The van der Waals surface area contributed by atoms with Crippen LogP contribution >= 0.6 is 0 Å².